The molecule has 0 N–H and O–H groups in total. The molecule has 1 aliphatic rings. The molecule has 2 heterocycles. The van der Waals surface area contributed by atoms with Crippen LogP contribution in [0.15, 0.2) is 54.9 Å². The highest BCUT2D eigenvalue weighted by Gasteiger charge is 2.33. The number of fused-ring (bicyclic) bond motifs is 1. The summed E-state index contributed by atoms with van der Waals surface area (Å²) < 4.78 is 2.05. The highest BCUT2D eigenvalue weighted by molar-refractivity contribution is 5.95. The number of pyridine rings is 1. The number of anilines is 1. The van der Waals surface area contributed by atoms with E-state index in [2.05, 4.69) is 9.38 Å². The third-order valence-corrected chi connectivity index (χ3v) is 4.68. The molecule has 1 amide bonds. The fourth-order valence-electron chi connectivity index (χ4n) is 3.11. The molecular weight excluding hydrogens is 312 g/mol. The van der Waals surface area contributed by atoms with E-state index >= 15 is 0 Å². The zero-order valence-corrected chi connectivity index (χ0v) is 14.6. The summed E-state index contributed by atoms with van der Waals surface area (Å²) in [6, 6.07) is 14.1. The second-order valence-electron chi connectivity index (χ2n) is 6.79. The molecule has 0 unspecified atom stereocenters. The molecule has 128 valence electrons. The maximum Gasteiger partial charge on any atom is 0.254 e. The normalized spacial score (nSPS) is 13.8. The Bertz CT molecular complexity index is 911. The highest BCUT2D eigenvalue weighted by atomic mass is 16.2. The molecule has 0 atom stereocenters. The lowest BCUT2D eigenvalue weighted by Crippen LogP contribution is -2.33. The van der Waals surface area contributed by atoms with Gasteiger partial charge in [0.2, 0.25) is 0 Å². The van der Waals surface area contributed by atoms with Gasteiger partial charge in [0.15, 0.2) is 0 Å². The van der Waals surface area contributed by atoms with Crippen molar-refractivity contribution in [3.8, 4) is 0 Å². The molecule has 2 aromatic heterocycles. The van der Waals surface area contributed by atoms with Crippen molar-refractivity contribution >= 4 is 17.2 Å². The zero-order chi connectivity index (χ0) is 17.4. The van der Waals surface area contributed by atoms with Crippen LogP contribution in [0.5, 0.6) is 0 Å². The Morgan fingerprint density at radius 2 is 2.04 bits per heavy atom. The Labute approximate surface area is 147 Å². The van der Waals surface area contributed by atoms with Crippen molar-refractivity contribution in [2.24, 2.45) is 0 Å². The molecule has 0 spiro atoms. The van der Waals surface area contributed by atoms with Crippen LogP contribution in [-0.2, 0) is 6.54 Å². The molecular formula is C20H22N4O. The quantitative estimate of drug-likeness (QED) is 0.719. The summed E-state index contributed by atoms with van der Waals surface area (Å²) in [5.74, 6) is 0.0945. The first-order valence-electron chi connectivity index (χ1n) is 8.63. The summed E-state index contributed by atoms with van der Waals surface area (Å²) in [6.45, 7) is 0.584. The third kappa shape index (κ3) is 3.09. The van der Waals surface area contributed by atoms with E-state index in [4.69, 9.17) is 0 Å². The fourth-order valence-corrected chi connectivity index (χ4v) is 3.11. The Balaban J connectivity index is 1.63. The van der Waals surface area contributed by atoms with Gasteiger partial charge in [0.05, 0.1) is 18.4 Å². The van der Waals surface area contributed by atoms with E-state index in [0.29, 0.717) is 12.6 Å². The third-order valence-electron chi connectivity index (χ3n) is 4.68. The van der Waals surface area contributed by atoms with Crippen molar-refractivity contribution in [3.63, 3.8) is 0 Å². The number of aromatic nitrogens is 2. The smallest absolute Gasteiger partial charge is 0.254 e. The van der Waals surface area contributed by atoms with Crippen molar-refractivity contribution < 1.29 is 4.79 Å². The van der Waals surface area contributed by atoms with Gasteiger partial charge < -0.3 is 14.2 Å². The lowest BCUT2D eigenvalue weighted by Gasteiger charge is -2.23. The average molecular weight is 334 g/mol. The van der Waals surface area contributed by atoms with E-state index < -0.39 is 0 Å². The van der Waals surface area contributed by atoms with E-state index in [1.54, 1.807) is 0 Å². The molecule has 1 aliphatic carbocycles. The standard InChI is InChI=1S/C20H22N4O/c1-22(2)17-7-5-6-15(12-17)20(25)24(16-9-10-16)14-18-13-21-19-8-3-4-11-23(18)19/h3-8,11-13,16H,9-10,14H2,1-2H3. The molecule has 1 fully saturated rings. The van der Waals surface area contributed by atoms with Crippen molar-refractivity contribution in [2.75, 3.05) is 19.0 Å². The number of rotatable bonds is 5. The van der Waals surface area contributed by atoms with Crippen LogP contribution in [0.3, 0.4) is 0 Å². The van der Waals surface area contributed by atoms with Crippen LogP contribution in [0, 0.1) is 0 Å². The minimum atomic E-state index is 0.0945. The summed E-state index contributed by atoms with van der Waals surface area (Å²) in [6.07, 6.45) is 6.03. The van der Waals surface area contributed by atoms with Crippen LogP contribution in [0.2, 0.25) is 0 Å². The van der Waals surface area contributed by atoms with Gasteiger partial charge in [-0.2, -0.15) is 0 Å². The van der Waals surface area contributed by atoms with Crippen LogP contribution in [0.25, 0.3) is 5.65 Å². The van der Waals surface area contributed by atoms with Gasteiger partial charge in [-0.3, -0.25) is 4.79 Å². The lowest BCUT2D eigenvalue weighted by molar-refractivity contribution is 0.0727. The minimum absolute atomic E-state index is 0.0945. The molecule has 0 aliphatic heterocycles. The Kier molecular flexibility index (Phi) is 3.92. The SMILES string of the molecule is CN(C)c1cccc(C(=O)N(Cc2cnc3ccccn23)C2CC2)c1. The number of hydrogen-bond donors (Lipinski definition) is 0. The topological polar surface area (TPSA) is 40.9 Å². The first kappa shape index (κ1) is 15.7. The van der Waals surface area contributed by atoms with Gasteiger partial charge >= 0.3 is 0 Å². The number of benzene rings is 1. The molecule has 25 heavy (non-hydrogen) atoms. The van der Waals surface area contributed by atoms with Gasteiger partial charge in [0.1, 0.15) is 5.65 Å². The monoisotopic (exact) mass is 334 g/mol. The molecule has 5 nitrogen and oxygen atoms in total. The molecule has 0 radical (unpaired) electrons. The lowest BCUT2D eigenvalue weighted by atomic mass is 10.1. The number of amides is 1. The van der Waals surface area contributed by atoms with Crippen LogP contribution in [0.1, 0.15) is 28.9 Å². The summed E-state index contributed by atoms with van der Waals surface area (Å²) >= 11 is 0. The summed E-state index contributed by atoms with van der Waals surface area (Å²) in [5, 5.41) is 0. The Hall–Kier alpha value is -2.82. The maximum atomic E-state index is 13.1. The predicted octanol–water partition coefficient (Wildman–Crippen LogP) is 3.21. The van der Waals surface area contributed by atoms with Crippen molar-refractivity contribution in [3.05, 3.63) is 66.1 Å². The number of hydrogen-bond acceptors (Lipinski definition) is 3. The van der Waals surface area contributed by atoms with E-state index in [9.17, 15) is 4.79 Å². The van der Waals surface area contributed by atoms with Gasteiger partial charge in [-0.05, 0) is 43.2 Å². The van der Waals surface area contributed by atoms with Gasteiger partial charge in [-0.25, -0.2) is 4.98 Å². The summed E-state index contributed by atoms with van der Waals surface area (Å²) in [7, 11) is 3.97. The van der Waals surface area contributed by atoms with Crippen LogP contribution in [0.4, 0.5) is 5.69 Å². The summed E-state index contributed by atoms with van der Waals surface area (Å²) in [4.78, 5) is 21.6. The van der Waals surface area contributed by atoms with E-state index in [-0.39, 0.29) is 5.91 Å². The first-order valence-corrected chi connectivity index (χ1v) is 8.63. The van der Waals surface area contributed by atoms with E-state index in [1.165, 1.54) is 0 Å². The van der Waals surface area contributed by atoms with Crippen LogP contribution < -0.4 is 4.90 Å². The molecule has 0 bridgehead atoms. The van der Waals surface area contributed by atoms with Crippen molar-refractivity contribution in [2.45, 2.75) is 25.4 Å². The van der Waals surface area contributed by atoms with Gasteiger partial charge in [0.25, 0.3) is 5.91 Å². The van der Waals surface area contributed by atoms with E-state index in [1.807, 2.05) is 78.8 Å². The zero-order valence-electron chi connectivity index (χ0n) is 14.6. The molecule has 1 aromatic carbocycles. The number of nitrogens with zero attached hydrogens (tertiary/aromatic N) is 4. The van der Waals surface area contributed by atoms with Crippen LogP contribution >= 0.6 is 0 Å². The molecule has 5 heteroatoms. The molecule has 0 saturated heterocycles. The van der Waals surface area contributed by atoms with Gasteiger partial charge in [0, 0.05) is 37.6 Å². The Morgan fingerprint density at radius 3 is 2.80 bits per heavy atom. The van der Waals surface area contributed by atoms with Crippen molar-refractivity contribution in [1.82, 2.24) is 14.3 Å². The fraction of sp³-hybridized carbons (Fsp3) is 0.300. The van der Waals surface area contributed by atoms with Gasteiger partial charge in [-0.1, -0.05) is 12.1 Å². The largest absolute Gasteiger partial charge is 0.378 e. The molecule has 1 saturated carbocycles. The molecule has 3 aromatic rings. The number of carbonyl (C=O) groups is 1. The maximum absolute atomic E-state index is 13.1. The first-order chi connectivity index (χ1) is 12.1. The molecule has 4 rings (SSSR count). The second-order valence-corrected chi connectivity index (χ2v) is 6.79. The van der Waals surface area contributed by atoms with Crippen LogP contribution in [-0.4, -0.2) is 40.3 Å². The number of carbonyl (C=O) groups excluding carboxylic acids is 1. The second kappa shape index (κ2) is 6.24. The van der Waals surface area contributed by atoms with Gasteiger partial charge in [-0.15, -0.1) is 0 Å². The average Bonchev–Trinajstić information content (AvgIpc) is 3.40. The summed E-state index contributed by atoms with van der Waals surface area (Å²) in [5.41, 5.74) is 3.73. The van der Waals surface area contributed by atoms with Crippen molar-refractivity contribution in [1.29, 1.82) is 0 Å². The highest BCUT2D eigenvalue weighted by Crippen LogP contribution is 2.30. The Morgan fingerprint density at radius 1 is 1.20 bits per heavy atom. The van der Waals surface area contributed by atoms with E-state index in [0.717, 1.165) is 35.4 Å². The number of imidazole rings is 1. The minimum Gasteiger partial charge on any atom is -0.378 e. The predicted molar refractivity (Wildman–Crippen MR) is 98.9 cm³/mol.